The number of unbranched alkanes of at least 4 members (excludes halogenated alkanes) is 1. The van der Waals surface area contributed by atoms with Crippen LogP contribution in [0.5, 0.6) is 17.2 Å². The van der Waals surface area contributed by atoms with Crippen LogP contribution in [0.2, 0.25) is 0 Å². The summed E-state index contributed by atoms with van der Waals surface area (Å²) in [5.74, 6) is -0.268. The molecular weight excluding hydrogens is 334 g/mol. The van der Waals surface area contributed by atoms with Gasteiger partial charge < -0.3 is 20.3 Å². The van der Waals surface area contributed by atoms with E-state index < -0.39 is 0 Å². The van der Waals surface area contributed by atoms with Gasteiger partial charge in [-0.05, 0) is 55.3 Å². The van der Waals surface area contributed by atoms with E-state index in [-0.39, 0.29) is 28.8 Å². The van der Waals surface area contributed by atoms with Crippen LogP contribution >= 0.6 is 0 Å². The summed E-state index contributed by atoms with van der Waals surface area (Å²) in [7, 11) is 0. The van der Waals surface area contributed by atoms with E-state index in [0.717, 1.165) is 18.9 Å². The minimum absolute atomic E-state index is 0.105. The number of phenolic OH excluding ortho intramolecular Hbond substituents is 2. The van der Waals surface area contributed by atoms with Crippen LogP contribution in [0, 0.1) is 0 Å². The minimum Gasteiger partial charge on any atom is -0.508 e. The number of aromatic hydroxyl groups is 2. The molecule has 6 nitrogen and oxygen atoms in total. The Bertz CT molecular complexity index is 783. The number of hydrogen-bond donors (Lipinski definition) is 3. The number of benzene rings is 2. The molecule has 0 fully saturated rings. The van der Waals surface area contributed by atoms with Gasteiger partial charge in [-0.1, -0.05) is 6.58 Å². The SMILES string of the molecule is C=CC(=O)NCCCCOc1ccc(C(=O)c2ccc(O)cc2O)cc1. The van der Waals surface area contributed by atoms with Gasteiger partial charge >= 0.3 is 0 Å². The van der Waals surface area contributed by atoms with E-state index in [9.17, 15) is 19.8 Å². The molecule has 6 heteroatoms. The summed E-state index contributed by atoms with van der Waals surface area (Å²) >= 11 is 0. The number of phenols is 2. The second-order valence-corrected chi connectivity index (χ2v) is 5.61. The molecule has 0 aliphatic carbocycles. The Morgan fingerprint density at radius 2 is 1.81 bits per heavy atom. The topological polar surface area (TPSA) is 95.9 Å². The zero-order chi connectivity index (χ0) is 18.9. The fourth-order valence-electron chi connectivity index (χ4n) is 2.27. The van der Waals surface area contributed by atoms with Crippen molar-refractivity contribution in [3.05, 3.63) is 66.2 Å². The van der Waals surface area contributed by atoms with Crippen molar-refractivity contribution >= 4 is 11.7 Å². The molecule has 26 heavy (non-hydrogen) atoms. The maximum atomic E-state index is 12.4. The van der Waals surface area contributed by atoms with Gasteiger partial charge in [-0.2, -0.15) is 0 Å². The van der Waals surface area contributed by atoms with Gasteiger partial charge in [0.15, 0.2) is 5.78 Å². The highest BCUT2D eigenvalue weighted by Crippen LogP contribution is 2.25. The number of rotatable bonds is 9. The summed E-state index contributed by atoms with van der Waals surface area (Å²) in [5, 5.41) is 21.8. The number of ketones is 1. The molecule has 0 spiro atoms. The molecule has 0 saturated carbocycles. The molecule has 136 valence electrons. The molecular formula is C20H21NO5. The zero-order valence-corrected chi connectivity index (χ0v) is 14.3. The number of carbonyl (C=O) groups is 2. The molecule has 0 saturated heterocycles. The van der Waals surface area contributed by atoms with Crippen molar-refractivity contribution in [2.75, 3.05) is 13.2 Å². The lowest BCUT2D eigenvalue weighted by Gasteiger charge is -2.08. The monoisotopic (exact) mass is 355 g/mol. The first-order valence-electron chi connectivity index (χ1n) is 8.21. The molecule has 0 aliphatic heterocycles. The van der Waals surface area contributed by atoms with Gasteiger partial charge in [-0.25, -0.2) is 0 Å². The van der Waals surface area contributed by atoms with Crippen LogP contribution in [0.15, 0.2) is 55.1 Å². The number of nitrogens with one attached hydrogen (secondary N) is 1. The number of hydrogen-bond acceptors (Lipinski definition) is 5. The molecule has 2 rings (SSSR count). The molecule has 0 atom stereocenters. The minimum atomic E-state index is -0.341. The first-order valence-corrected chi connectivity index (χ1v) is 8.21. The van der Waals surface area contributed by atoms with E-state index in [0.29, 0.717) is 24.5 Å². The maximum Gasteiger partial charge on any atom is 0.243 e. The van der Waals surface area contributed by atoms with Crippen LogP contribution in [-0.4, -0.2) is 35.1 Å². The third-order valence-corrected chi connectivity index (χ3v) is 3.67. The predicted molar refractivity (Wildman–Crippen MR) is 97.6 cm³/mol. The van der Waals surface area contributed by atoms with Gasteiger partial charge in [0.1, 0.15) is 17.2 Å². The summed E-state index contributed by atoms with van der Waals surface area (Å²) in [6.45, 7) is 4.44. The molecule has 0 aromatic heterocycles. The van der Waals surface area contributed by atoms with Gasteiger partial charge in [0.05, 0.1) is 12.2 Å². The molecule has 0 aliphatic rings. The number of carbonyl (C=O) groups excluding carboxylic acids is 2. The Balaban J connectivity index is 1.83. The summed E-state index contributed by atoms with van der Waals surface area (Å²) in [5.41, 5.74) is 0.531. The highest BCUT2D eigenvalue weighted by molar-refractivity contribution is 6.10. The Kier molecular flexibility index (Phi) is 6.79. The molecule has 3 N–H and O–H groups in total. The fraction of sp³-hybridized carbons (Fsp3) is 0.200. The Labute approximate surface area is 151 Å². The number of amides is 1. The largest absolute Gasteiger partial charge is 0.508 e. The van der Waals surface area contributed by atoms with Gasteiger partial charge in [0.2, 0.25) is 5.91 Å². The van der Waals surface area contributed by atoms with Crippen LogP contribution < -0.4 is 10.1 Å². The van der Waals surface area contributed by atoms with Crippen molar-refractivity contribution < 1.29 is 24.5 Å². The van der Waals surface area contributed by atoms with Crippen LogP contribution in [0.3, 0.4) is 0 Å². The van der Waals surface area contributed by atoms with Crippen molar-refractivity contribution in [1.29, 1.82) is 0 Å². The quantitative estimate of drug-likeness (QED) is 0.365. The van der Waals surface area contributed by atoms with E-state index in [1.54, 1.807) is 24.3 Å². The van der Waals surface area contributed by atoms with Gasteiger partial charge in [-0.3, -0.25) is 9.59 Å². The molecule has 2 aromatic carbocycles. The molecule has 0 radical (unpaired) electrons. The normalized spacial score (nSPS) is 10.2. The second-order valence-electron chi connectivity index (χ2n) is 5.61. The Hall–Kier alpha value is -3.28. The van der Waals surface area contributed by atoms with E-state index in [1.807, 2.05) is 0 Å². The average Bonchev–Trinajstić information content (AvgIpc) is 2.64. The van der Waals surface area contributed by atoms with E-state index in [1.165, 1.54) is 18.2 Å². The van der Waals surface area contributed by atoms with Crippen molar-refractivity contribution in [1.82, 2.24) is 5.32 Å². The molecule has 0 unspecified atom stereocenters. The third kappa shape index (κ3) is 5.37. The number of ether oxygens (including phenoxy) is 1. The summed E-state index contributed by atoms with van der Waals surface area (Å²) in [6.07, 6.45) is 2.80. The van der Waals surface area contributed by atoms with Crippen molar-refractivity contribution in [2.24, 2.45) is 0 Å². The molecule has 0 heterocycles. The van der Waals surface area contributed by atoms with Gasteiger partial charge in [0, 0.05) is 18.2 Å². The molecule has 2 aromatic rings. The lowest BCUT2D eigenvalue weighted by atomic mass is 10.0. The first kappa shape index (κ1) is 19.1. The summed E-state index contributed by atoms with van der Waals surface area (Å²) in [4.78, 5) is 23.4. The van der Waals surface area contributed by atoms with Crippen molar-refractivity contribution in [3.8, 4) is 17.2 Å². The summed E-state index contributed by atoms with van der Waals surface area (Å²) < 4.78 is 5.59. The van der Waals surface area contributed by atoms with Gasteiger partial charge in [0.25, 0.3) is 0 Å². The second kappa shape index (κ2) is 9.27. The Morgan fingerprint density at radius 3 is 2.46 bits per heavy atom. The standard InChI is InChI=1S/C20H21NO5/c1-2-19(24)21-11-3-4-12-26-16-8-5-14(6-9-16)20(25)17-10-7-15(22)13-18(17)23/h2,5-10,13,22-23H,1,3-4,11-12H2,(H,21,24). The molecule has 0 bridgehead atoms. The third-order valence-electron chi connectivity index (χ3n) is 3.67. The highest BCUT2D eigenvalue weighted by Gasteiger charge is 2.14. The van der Waals surface area contributed by atoms with Crippen molar-refractivity contribution in [3.63, 3.8) is 0 Å². The lowest BCUT2D eigenvalue weighted by Crippen LogP contribution is -2.22. The van der Waals surface area contributed by atoms with E-state index >= 15 is 0 Å². The summed E-state index contributed by atoms with van der Waals surface area (Å²) in [6, 6.07) is 10.5. The first-order chi connectivity index (χ1) is 12.5. The smallest absolute Gasteiger partial charge is 0.243 e. The zero-order valence-electron chi connectivity index (χ0n) is 14.3. The average molecular weight is 355 g/mol. The van der Waals surface area contributed by atoms with Crippen LogP contribution in [-0.2, 0) is 4.79 Å². The van der Waals surface area contributed by atoms with E-state index in [4.69, 9.17) is 4.74 Å². The van der Waals surface area contributed by atoms with Gasteiger partial charge in [-0.15, -0.1) is 0 Å². The van der Waals surface area contributed by atoms with Crippen LogP contribution in [0.25, 0.3) is 0 Å². The van der Waals surface area contributed by atoms with Crippen molar-refractivity contribution in [2.45, 2.75) is 12.8 Å². The predicted octanol–water partition coefficient (Wildman–Crippen LogP) is 2.79. The Morgan fingerprint density at radius 1 is 1.08 bits per heavy atom. The highest BCUT2D eigenvalue weighted by atomic mass is 16.5. The van der Waals surface area contributed by atoms with E-state index in [2.05, 4.69) is 11.9 Å². The van der Waals surface area contributed by atoms with Crippen LogP contribution in [0.1, 0.15) is 28.8 Å². The fourth-order valence-corrected chi connectivity index (χ4v) is 2.27. The molecule has 1 amide bonds. The lowest BCUT2D eigenvalue weighted by molar-refractivity contribution is -0.116. The van der Waals surface area contributed by atoms with Crippen LogP contribution in [0.4, 0.5) is 0 Å². The maximum absolute atomic E-state index is 12.4.